The fourth-order valence-electron chi connectivity index (χ4n) is 1.73. The highest BCUT2D eigenvalue weighted by Gasteiger charge is 2.17. The third kappa shape index (κ3) is 5.46. The Morgan fingerprint density at radius 3 is 2.61 bits per heavy atom. The molecule has 1 heterocycles. The molecule has 0 saturated heterocycles. The van der Waals surface area contributed by atoms with Gasteiger partial charge in [-0.2, -0.15) is 0 Å². The molecular weight excluding hydrogens is 244 g/mol. The summed E-state index contributed by atoms with van der Waals surface area (Å²) in [4.78, 5) is 6.04. The van der Waals surface area contributed by atoms with Gasteiger partial charge >= 0.3 is 0 Å². The topological polar surface area (TPSA) is 34.2 Å². The Morgan fingerprint density at radius 2 is 2.06 bits per heavy atom. The van der Waals surface area contributed by atoms with Crippen LogP contribution in [-0.2, 0) is 24.3 Å². The van der Waals surface area contributed by atoms with Crippen LogP contribution in [0.2, 0.25) is 0 Å². The van der Waals surface area contributed by atoms with E-state index in [4.69, 9.17) is 9.72 Å². The molecule has 0 saturated carbocycles. The van der Waals surface area contributed by atoms with Crippen LogP contribution in [-0.4, -0.2) is 18.6 Å². The summed E-state index contributed by atoms with van der Waals surface area (Å²) < 4.78 is 5.23. The molecular formula is C14H26N2OS. The van der Waals surface area contributed by atoms with Crippen molar-refractivity contribution < 1.29 is 4.74 Å². The summed E-state index contributed by atoms with van der Waals surface area (Å²) >= 11 is 1.82. The molecule has 1 N–H and O–H groups in total. The van der Waals surface area contributed by atoms with Crippen LogP contribution in [0.25, 0.3) is 0 Å². The zero-order valence-electron chi connectivity index (χ0n) is 12.3. The number of aromatic nitrogens is 1. The summed E-state index contributed by atoms with van der Waals surface area (Å²) in [6, 6.07) is 0. The van der Waals surface area contributed by atoms with E-state index in [1.165, 1.54) is 9.88 Å². The molecule has 0 aromatic carbocycles. The van der Waals surface area contributed by atoms with Gasteiger partial charge in [0.25, 0.3) is 0 Å². The summed E-state index contributed by atoms with van der Waals surface area (Å²) in [5.41, 5.74) is 1.39. The zero-order valence-corrected chi connectivity index (χ0v) is 13.1. The summed E-state index contributed by atoms with van der Waals surface area (Å²) in [7, 11) is 1.73. The first-order valence-electron chi connectivity index (χ1n) is 6.63. The first kappa shape index (κ1) is 15.6. The molecule has 0 atom stereocenters. The van der Waals surface area contributed by atoms with Crippen LogP contribution in [0.5, 0.6) is 0 Å². The number of hydrogen-bond acceptors (Lipinski definition) is 4. The summed E-state index contributed by atoms with van der Waals surface area (Å²) in [5, 5.41) is 4.67. The van der Waals surface area contributed by atoms with E-state index in [1.807, 2.05) is 11.3 Å². The van der Waals surface area contributed by atoms with Crippen LogP contribution in [0, 0.1) is 5.41 Å². The number of methoxy groups -OCH3 is 1. The van der Waals surface area contributed by atoms with Crippen LogP contribution in [0.3, 0.4) is 0 Å². The van der Waals surface area contributed by atoms with Gasteiger partial charge in [0.2, 0.25) is 0 Å². The smallest absolute Gasteiger partial charge is 0.0937 e. The van der Waals surface area contributed by atoms with Crippen molar-refractivity contribution in [3.05, 3.63) is 15.6 Å². The third-order valence-corrected chi connectivity index (χ3v) is 3.60. The molecule has 1 aromatic rings. The lowest BCUT2D eigenvalue weighted by Gasteiger charge is -2.15. The highest BCUT2D eigenvalue weighted by Crippen LogP contribution is 2.26. The Balaban J connectivity index is 2.73. The first-order valence-corrected chi connectivity index (χ1v) is 7.45. The van der Waals surface area contributed by atoms with E-state index in [9.17, 15) is 0 Å². The molecule has 3 nitrogen and oxygen atoms in total. The number of rotatable bonds is 7. The van der Waals surface area contributed by atoms with E-state index in [0.717, 1.165) is 31.6 Å². The van der Waals surface area contributed by atoms with Crippen LogP contribution in [0.4, 0.5) is 0 Å². The quantitative estimate of drug-likeness (QED) is 0.771. The van der Waals surface area contributed by atoms with E-state index < -0.39 is 0 Å². The maximum absolute atomic E-state index is 5.23. The minimum absolute atomic E-state index is 0.288. The van der Waals surface area contributed by atoms with Gasteiger partial charge in [-0.15, -0.1) is 11.3 Å². The molecule has 18 heavy (non-hydrogen) atoms. The van der Waals surface area contributed by atoms with Crippen LogP contribution < -0.4 is 5.32 Å². The maximum Gasteiger partial charge on any atom is 0.0937 e. The maximum atomic E-state index is 5.23. The van der Waals surface area contributed by atoms with Crippen molar-refractivity contribution in [2.75, 3.05) is 13.7 Å². The predicted molar refractivity (Wildman–Crippen MR) is 78.0 cm³/mol. The van der Waals surface area contributed by atoms with E-state index in [-0.39, 0.29) is 5.41 Å². The van der Waals surface area contributed by atoms with Crippen molar-refractivity contribution in [3.8, 4) is 0 Å². The second-order valence-electron chi connectivity index (χ2n) is 5.82. The fourth-order valence-corrected chi connectivity index (χ4v) is 3.07. The van der Waals surface area contributed by atoms with Crippen molar-refractivity contribution in [1.82, 2.24) is 10.3 Å². The predicted octanol–water partition coefficient (Wildman–Crippen LogP) is 3.38. The molecule has 0 aliphatic carbocycles. The van der Waals surface area contributed by atoms with Crippen molar-refractivity contribution in [2.45, 2.75) is 53.7 Å². The van der Waals surface area contributed by atoms with Gasteiger partial charge in [0.15, 0.2) is 0 Å². The highest BCUT2D eigenvalue weighted by atomic mass is 32.1. The SMILES string of the molecule is CCCNCc1sc(CC(C)(C)C)nc1COC. The number of ether oxygens (including phenoxy) is 1. The van der Waals surface area contributed by atoms with Crippen LogP contribution >= 0.6 is 11.3 Å². The van der Waals surface area contributed by atoms with Gasteiger partial charge in [-0.05, 0) is 18.4 Å². The Morgan fingerprint density at radius 1 is 1.33 bits per heavy atom. The average molecular weight is 270 g/mol. The molecule has 0 amide bonds. The van der Waals surface area contributed by atoms with Crippen LogP contribution in [0.1, 0.15) is 49.7 Å². The van der Waals surface area contributed by atoms with Crippen molar-refractivity contribution in [1.29, 1.82) is 0 Å². The second-order valence-corrected chi connectivity index (χ2v) is 6.99. The minimum Gasteiger partial charge on any atom is -0.378 e. The molecule has 0 fully saturated rings. The van der Waals surface area contributed by atoms with Gasteiger partial charge in [0.1, 0.15) is 0 Å². The molecule has 0 bridgehead atoms. The zero-order chi connectivity index (χ0) is 13.6. The molecule has 0 aliphatic rings. The molecule has 1 aromatic heterocycles. The Bertz CT molecular complexity index is 355. The summed E-state index contributed by atoms with van der Waals surface area (Å²) in [6.45, 7) is 11.5. The van der Waals surface area contributed by atoms with Crippen molar-refractivity contribution >= 4 is 11.3 Å². The van der Waals surface area contributed by atoms with E-state index >= 15 is 0 Å². The average Bonchev–Trinajstić information content (AvgIpc) is 2.59. The molecule has 0 radical (unpaired) electrons. The lowest BCUT2D eigenvalue weighted by atomic mass is 9.93. The summed E-state index contributed by atoms with van der Waals surface area (Å²) in [6.07, 6.45) is 2.19. The Kier molecular flexibility index (Phi) is 6.26. The highest BCUT2D eigenvalue weighted by molar-refractivity contribution is 7.11. The van der Waals surface area contributed by atoms with Gasteiger partial charge < -0.3 is 10.1 Å². The van der Waals surface area contributed by atoms with Gasteiger partial charge in [-0.1, -0.05) is 27.7 Å². The second kappa shape index (κ2) is 7.22. The fraction of sp³-hybridized carbons (Fsp3) is 0.786. The Labute approximate surface area is 115 Å². The molecule has 104 valence electrons. The molecule has 0 spiro atoms. The largest absolute Gasteiger partial charge is 0.378 e. The van der Waals surface area contributed by atoms with E-state index in [0.29, 0.717) is 6.61 Å². The summed E-state index contributed by atoms with van der Waals surface area (Å²) in [5.74, 6) is 0. The van der Waals surface area contributed by atoms with Gasteiger partial charge in [0.05, 0.1) is 17.3 Å². The molecule has 0 unspecified atom stereocenters. The van der Waals surface area contributed by atoms with Gasteiger partial charge in [0, 0.05) is 25.0 Å². The normalized spacial score (nSPS) is 12.1. The standard InChI is InChI=1S/C14H26N2OS/c1-6-7-15-9-12-11(10-17-5)16-13(18-12)8-14(2,3)4/h15H,6-10H2,1-5H3. The van der Waals surface area contributed by atoms with E-state index in [1.54, 1.807) is 7.11 Å². The lowest BCUT2D eigenvalue weighted by Crippen LogP contribution is -2.14. The minimum atomic E-state index is 0.288. The van der Waals surface area contributed by atoms with Crippen molar-refractivity contribution in [3.63, 3.8) is 0 Å². The number of thiazole rings is 1. The lowest BCUT2D eigenvalue weighted by molar-refractivity contribution is 0.181. The van der Waals surface area contributed by atoms with Gasteiger partial charge in [-0.25, -0.2) is 4.98 Å². The molecule has 4 heteroatoms. The van der Waals surface area contributed by atoms with E-state index in [2.05, 4.69) is 33.0 Å². The van der Waals surface area contributed by atoms with Crippen LogP contribution in [0.15, 0.2) is 0 Å². The number of nitrogens with one attached hydrogen (secondary N) is 1. The number of hydrogen-bond donors (Lipinski definition) is 1. The monoisotopic (exact) mass is 270 g/mol. The Hall–Kier alpha value is -0.450. The van der Waals surface area contributed by atoms with Gasteiger partial charge in [-0.3, -0.25) is 0 Å². The number of nitrogens with zero attached hydrogens (tertiary/aromatic N) is 1. The molecule has 1 rings (SSSR count). The third-order valence-electron chi connectivity index (χ3n) is 2.50. The van der Waals surface area contributed by atoms with Crippen molar-refractivity contribution in [2.24, 2.45) is 5.41 Å². The first-order chi connectivity index (χ1) is 8.46. The molecule has 0 aliphatic heterocycles.